The lowest BCUT2D eigenvalue weighted by atomic mass is 9.80. The van der Waals surface area contributed by atoms with Crippen LogP contribution in [0.15, 0.2) is 59.8 Å². The van der Waals surface area contributed by atoms with E-state index >= 15 is 0 Å². The molecule has 2 aromatic heterocycles. The van der Waals surface area contributed by atoms with Crippen molar-refractivity contribution in [2.24, 2.45) is 0 Å². The minimum absolute atomic E-state index is 0.0237. The van der Waals surface area contributed by atoms with Crippen LogP contribution < -0.4 is 10.9 Å². The predicted molar refractivity (Wildman–Crippen MR) is 105 cm³/mol. The minimum atomic E-state index is -0.395. The number of carbonyl (C=O) groups is 1. The molecule has 0 bridgehead atoms. The minimum Gasteiger partial charge on any atom is -0.294 e. The number of benzene rings is 1. The Labute approximate surface area is 162 Å². The number of nitrogens with zero attached hydrogens (tertiary/aromatic N) is 4. The Balaban J connectivity index is 1.78. The third-order valence-corrected chi connectivity index (χ3v) is 5.24. The first-order chi connectivity index (χ1) is 13.5. The van der Waals surface area contributed by atoms with Crippen molar-refractivity contribution in [3.05, 3.63) is 76.7 Å². The highest BCUT2D eigenvalue weighted by atomic mass is 16.1. The van der Waals surface area contributed by atoms with Crippen LogP contribution >= 0.6 is 0 Å². The number of ketones is 1. The molecule has 3 aromatic rings. The standard InChI is InChI=1S/C21H21N5O2/c1-21(2)15(10-18(27)14-6-4-3-5-7-14)20-25-17(16-8-9-22-12-23-16)11-19(28)26(20)13-24-21/h3-9,11-12,15,24H,10,13H2,1-2H3. The van der Waals surface area contributed by atoms with Crippen molar-refractivity contribution in [1.29, 1.82) is 0 Å². The van der Waals surface area contributed by atoms with Gasteiger partial charge in [-0.3, -0.25) is 19.5 Å². The first kappa shape index (κ1) is 18.2. The highest BCUT2D eigenvalue weighted by molar-refractivity contribution is 5.96. The number of hydrogen-bond donors (Lipinski definition) is 1. The van der Waals surface area contributed by atoms with Gasteiger partial charge in [-0.1, -0.05) is 30.3 Å². The molecule has 0 saturated heterocycles. The predicted octanol–water partition coefficient (Wildman–Crippen LogP) is 2.40. The van der Waals surface area contributed by atoms with E-state index in [2.05, 4.69) is 15.3 Å². The van der Waals surface area contributed by atoms with E-state index in [4.69, 9.17) is 4.98 Å². The van der Waals surface area contributed by atoms with Gasteiger partial charge in [-0.25, -0.2) is 15.0 Å². The van der Waals surface area contributed by atoms with Crippen molar-refractivity contribution < 1.29 is 4.79 Å². The van der Waals surface area contributed by atoms with Crippen molar-refractivity contribution in [1.82, 2.24) is 24.8 Å². The van der Waals surface area contributed by atoms with Crippen LogP contribution in [0.3, 0.4) is 0 Å². The zero-order valence-electron chi connectivity index (χ0n) is 15.8. The van der Waals surface area contributed by atoms with Crippen LogP contribution in [-0.2, 0) is 6.67 Å². The van der Waals surface area contributed by atoms with Gasteiger partial charge in [-0.15, -0.1) is 0 Å². The molecule has 4 rings (SSSR count). The molecule has 1 atom stereocenters. The molecule has 28 heavy (non-hydrogen) atoms. The van der Waals surface area contributed by atoms with Gasteiger partial charge >= 0.3 is 0 Å². The summed E-state index contributed by atoms with van der Waals surface area (Å²) < 4.78 is 1.60. The van der Waals surface area contributed by atoms with Gasteiger partial charge in [-0.05, 0) is 19.9 Å². The fourth-order valence-electron chi connectivity index (χ4n) is 3.52. The van der Waals surface area contributed by atoms with Crippen LogP contribution in [0.25, 0.3) is 11.4 Å². The van der Waals surface area contributed by atoms with E-state index in [-0.39, 0.29) is 23.7 Å². The van der Waals surface area contributed by atoms with Gasteiger partial charge in [0.25, 0.3) is 5.56 Å². The van der Waals surface area contributed by atoms with Crippen LogP contribution in [0.5, 0.6) is 0 Å². The zero-order chi connectivity index (χ0) is 19.7. The van der Waals surface area contributed by atoms with Gasteiger partial charge in [0.1, 0.15) is 12.2 Å². The maximum absolute atomic E-state index is 12.9. The molecule has 7 nitrogen and oxygen atoms in total. The Bertz CT molecular complexity index is 1060. The number of aromatic nitrogens is 4. The molecule has 142 valence electrons. The average molecular weight is 375 g/mol. The largest absolute Gasteiger partial charge is 0.294 e. The molecule has 7 heteroatoms. The number of rotatable bonds is 4. The highest BCUT2D eigenvalue weighted by Gasteiger charge is 2.39. The van der Waals surface area contributed by atoms with Crippen LogP contribution in [0, 0.1) is 0 Å². The second kappa shape index (κ2) is 7.09. The van der Waals surface area contributed by atoms with Crippen LogP contribution in [0.1, 0.15) is 42.4 Å². The highest BCUT2D eigenvalue weighted by Crippen LogP contribution is 2.34. The summed E-state index contributed by atoms with van der Waals surface area (Å²) in [5.74, 6) is 0.369. The summed E-state index contributed by atoms with van der Waals surface area (Å²) in [7, 11) is 0. The molecule has 1 N–H and O–H groups in total. The molecule has 0 spiro atoms. The van der Waals surface area contributed by atoms with Crippen LogP contribution in [-0.4, -0.2) is 30.8 Å². The van der Waals surface area contributed by atoms with E-state index in [1.807, 2.05) is 44.2 Å². The SMILES string of the molecule is CC1(C)NCn2c(nc(-c3ccncn3)cc2=O)C1CC(=O)c1ccccc1. The third-order valence-electron chi connectivity index (χ3n) is 5.24. The van der Waals surface area contributed by atoms with Crippen molar-refractivity contribution in [2.75, 3.05) is 0 Å². The maximum Gasteiger partial charge on any atom is 0.255 e. The molecule has 1 aromatic carbocycles. The zero-order valence-corrected chi connectivity index (χ0v) is 15.8. The van der Waals surface area contributed by atoms with Crippen LogP contribution in [0.4, 0.5) is 0 Å². The smallest absolute Gasteiger partial charge is 0.255 e. The second-order valence-electron chi connectivity index (χ2n) is 7.46. The number of carbonyl (C=O) groups excluding carboxylic acids is 1. The fourth-order valence-corrected chi connectivity index (χ4v) is 3.52. The van der Waals surface area contributed by atoms with Crippen molar-refractivity contribution in [3.63, 3.8) is 0 Å². The van der Waals surface area contributed by atoms with E-state index in [1.54, 1.807) is 16.8 Å². The number of hydrogen-bond acceptors (Lipinski definition) is 6. The van der Waals surface area contributed by atoms with E-state index in [0.717, 1.165) is 0 Å². The summed E-state index contributed by atoms with van der Waals surface area (Å²) in [6, 6.07) is 12.4. The third kappa shape index (κ3) is 3.36. The summed E-state index contributed by atoms with van der Waals surface area (Å²) in [5.41, 5.74) is 1.17. The lowest BCUT2D eigenvalue weighted by Gasteiger charge is -2.40. The Morgan fingerprint density at radius 1 is 1.21 bits per heavy atom. The quantitative estimate of drug-likeness (QED) is 0.704. The molecule has 3 heterocycles. The lowest BCUT2D eigenvalue weighted by Crippen LogP contribution is -2.54. The molecule has 0 fully saturated rings. The normalized spacial score (nSPS) is 17.7. The van der Waals surface area contributed by atoms with Crippen molar-refractivity contribution in [2.45, 2.75) is 38.4 Å². The molecule has 0 amide bonds. The molecule has 1 aliphatic rings. The van der Waals surface area contributed by atoms with Gasteiger partial charge in [-0.2, -0.15) is 0 Å². The summed E-state index contributed by atoms with van der Waals surface area (Å²) in [6.45, 7) is 4.42. The molecule has 0 saturated carbocycles. The van der Waals surface area contributed by atoms with Gasteiger partial charge in [0.15, 0.2) is 5.78 Å². The summed E-state index contributed by atoms with van der Waals surface area (Å²) in [5, 5.41) is 3.37. The Hall–Kier alpha value is -3.19. The first-order valence-corrected chi connectivity index (χ1v) is 9.17. The Morgan fingerprint density at radius 2 is 2.00 bits per heavy atom. The van der Waals surface area contributed by atoms with E-state index < -0.39 is 5.54 Å². The maximum atomic E-state index is 12.9. The monoisotopic (exact) mass is 375 g/mol. The topological polar surface area (TPSA) is 89.8 Å². The van der Waals surface area contributed by atoms with Crippen molar-refractivity contribution in [3.8, 4) is 11.4 Å². The Morgan fingerprint density at radius 3 is 2.71 bits per heavy atom. The first-order valence-electron chi connectivity index (χ1n) is 9.17. The fraction of sp³-hybridized carbons (Fsp3) is 0.286. The molecule has 1 unspecified atom stereocenters. The molecular formula is C21H21N5O2. The molecule has 0 radical (unpaired) electrons. The molecule has 0 aliphatic carbocycles. The summed E-state index contributed by atoms with van der Waals surface area (Å²) in [4.78, 5) is 38.5. The van der Waals surface area contributed by atoms with Gasteiger partial charge in [0, 0.05) is 35.7 Å². The summed E-state index contributed by atoms with van der Waals surface area (Å²) >= 11 is 0. The van der Waals surface area contributed by atoms with Crippen LogP contribution in [0.2, 0.25) is 0 Å². The van der Waals surface area contributed by atoms with Gasteiger partial charge in [0.2, 0.25) is 0 Å². The van der Waals surface area contributed by atoms with Gasteiger partial charge < -0.3 is 0 Å². The number of nitrogens with one attached hydrogen (secondary N) is 1. The molecule has 1 aliphatic heterocycles. The van der Waals surface area contributed by atoms with Crippen molar-refractivity contribution >= 4 is 5.78 Å². The Kier molecular flexibility index (Phi) is 4.60. The van der Waals surface area contributed by atoms with E-state index in [0.29, 0.717) is 29.4 Å². The number of fused-ring (bicyclic) bond motifs is 1. The average Bonchev–Trinajstić information content (AvgIpc) is 2.71. The molecular weight excluding hydrogens is 354 g/mol. The van der Waals surface area contributed by atoms with E-state index in [9.17, 15) is 9.59 Å². The lowest BCUT2D eigenvalue weighted by molar-refractivity contribution is 0.0940. The second-order valence-corrected chi connectivity index (χ2v) is 7.46. The van der Waals surface area contributed by atoms with Gasteiger partial charge in [0.05, 0.1) is 18.1 Å². The van der Waals surface area contributed by atoms with E-state index in [1.165, 1.54) is 12.4 Å². The number of Topliss-reactive ketones (excluding diaryl/α,β-unsaturated/α-hetero) is 1. The summed E-state index contributed by atoms with van der Waals surface area (Å²) in [6.07, 6.45) is 3.29.